The van der Waals surface area contributed by atoms with Crippen LogP contribution in [0.2, 0.25) is 0 Å². The van der Waals surface area contributed by atoms with Crippen molar-refractivity contribution >= 4 is 23.2 Å². The molecule has 4 nitrogen and oxygen atoms in total. The van der Waals surface area contributed by atoms with Crippen molar-refractivity contribution in [2.24, 2.45) is 5.41 Å². The van der Waals surface area contributed by atoms with Crippen molar-refractivity contribution in [3.05, 3.63) is 22.4 Å². The molecule has 1 heterocycles. The van der Waals surface area contributed by atoms with Gasteiger partial charge in [0, 0.05) is 17.3 Å². The first-order valence-corrected chi connectivity index (χ1v) is 7.70. The second-order valence-electron chi connectivity index (χ2n) is 6.02. The lowest BCUT2D eigenvalue weighted by atomic mass is 9.84. The third-order valence-electron chi connectivity index (χ3n) is 3.17. The Kier molecular flexibility index (Phi) is 6.20. The standard InChI is InChI=1S/C15H23NO3S/c1-15(2,3)12(10-14(18)19)16-13(17)8-4-6-11-7-5-9-20-11/h5,7,9,12H,4,6,8,10H2,1-3H3,(H,16,17)(H,18,19). The number of hydrogen-bond acceptors (Lipinski definition) is 3. The number of amides is 1. The van der Waals surface area contributed by atoms with Crippen LogP contribution in [0.25, 0.3) is 0 Å². The molecule has 20 heavy (non-hydrogen) atoms. The van der Waals surface area contributed by atoms with Crippen molar-refractivity contribution in [3.63, 3.8) is 0 Å². The van der Waals surface area contributed by atoms with E-state index in [4.69, 9.17) is 5.11 Å². The molecule has 1 unspecified atom stereocenters. The van der Waals surface area contributed by atoms with Gasteiger partial charge in [0.05, 0.1) is 6.42 Å². The smallest absolute Gasteiger partial charge is 0.305 e. The Hall–Kier alpha value is -1.36. The molecule has 1 atom stereocenters. The Labute approximate surface area is 124 Å². The van der Waals surface area contributed by atoms with E-state index >= 15 is 0 Å². The molecule has 2 N–H and O–H groups in total. The van der Waals surface area contributed by atoms with Gasteiger partial charge in [0.1, 0.15) is 0 Å². The molecule has 0 fully saturated rings. The average Bonchev–Trinajstić information content (AvgIpc) is 2.79. The lowest BCUT2D eigenvalue weighted by Gasteiger charge is -2.30. The van der Waals surface area contributed by atoms with Crippen LogP contribution >= 0.6 is 11.3 Å². The summed E-state index contributed by atoms with van der Waals surface area (Å²) >= 11 is 1.69. The minimum absolute atomic E-state index is 0.0415. The van der Waals surface area contributed by atoms with E-state index in [1.54, 1.807) is 11.3 Å². The average molecular weight is 297 g/mol. The van der Waals surface area contributed by atoms with Crippen LogP contribution in [0.3, 0.4) is 0 Å². The van der Waals surface area contributed by atoms with Crippen LogP contribution < -0.4 is 5.32 Å². The van der Waals surface area contributed by atoms with E-state index in [1.165, 1.54) is 4.88 Å². The Morgan fingerprint density at radius 3 is 2.60 bits per heavy atom. The zero-order valence-corrected chi connectivity index (χ0v) is 13.1. The molecule has 0 bridgehead atoms. The van der Waals surface area contributed by atoms with Crippen LogP contribution in [0.5, 0.6) is 0 Å². The lowest BCUT2D eigenvalue weighted by molar-refractivity contribution is -0.138. The first-order valence-electron chi connectivity index (χ1n) is 6.82. The monoisotopic (exact) mass is 297 g/mol. The summed E-state index contributed by atoms with van der Waals surface area (Å²) in [5.74, 6) is -0.952. The molecule has 1 aromatic heterocycles. The topological polar surface area (TPSA) is 66.4 Å². The quantitative estimate of drug-likeness (QED) is 0.813. The molecule has 0 aliphatic heterocycles. The maximum absolute atomic E-state index is 11.9. The van der Waals surface area contributed by atoms with Gasteiger partial charge in [0.25, 0.3) is 0 Å². The molecule has 1 amide bonds. The van der Waals surface area contributed by atoms with Gasteiger partial charge >= 0.3 is 5.97 Å². The summed E-state index contributed by atoms with van der Waals surface area (Å²) in [6, 6.07) is 3.72. The highest BCUT2D eigenvalue weighted by atomic mass is 32.1. The molecule has 0 saturated heterocycles. The second kappa shape index (κ2) is 7.43. The van der Waals surface area contributed by atoms with Crippen LogP contribution in [-0.4, -0.2) is 23.0 Å². The van der Waals surface area contributed by atoms with Crippen LogP contribution in [0.4, 0.5) is 0 Å². The summed E-state index contributed by atoms with van der Waals surface area (Å²) in [5.41, 5.74) is -0.262. The number of rotatable bonds is 7. The maximum atomic E-state index is 11.9. The molecule has 5 heteroatoms. The largest absolute Gasteiger partial charge is 0.481 e. The fourth-order valence-corrected chi connectivity index (χ4v) is 2.64. The van der Waals surface area contributed by atoms with Gasteiger partial charge in [-0.2, -0.15) is 0 Å². The molecule has 0 aliphatic rings. The van der Waals surface area contributed by atoms with E-state index in [9.17, 15) is 9.59 Å². The Balaban J connectivity index is 2.39. The highest BCUT2D eigenvalue weighted by Crippen LogP contribution is 2.22. The number of carbonyl (C=O) groups excluding carboxylic acids is 1. The lowest BCUT2D eigenvalue weighted by Crippen LogP contribution is -2.45. The van der Waals surface area contributed by atoms with Gasteiger partial charge in [-0.1, -0.05) is 26.8 Å². The normalized spacial score (nSPS) is 12.9. The van der Waals surface area contributed by atoms with Gasteiger partial charge in [-0.05, 0) is 29.7 Å². The highest BCUT2D eigenvalue weighted by Gasteiger charge is 2.28. The summed E-state index contributed by atoms with van der Waals surface area (Å²) in [7, 11) is 0. The van der Waals surface area contributed by atoms with E-state index in [0.717, 1.165) is 12.8 Å². The van der Waals surface area contributed by atoms with Crippen LogP contribution in [0.1, 0.15) is 44.9 Å². The molecule has 1 aromatic rings. The summed E-state index contributed by atoms with van der Waals surface area (Å²) < 4.78 is 0. The number of carbonyl (C=O) groups is 2. The van der Waals surface area contributed by atoms with Gasteiger partial charge in [-0.3, -0.25) is 9.59 Å². The van der Waals surface area contributed by atoms with Crippen LogP contribution in [-0.2, 0) is 16.0 Å². The van der Waals surface area contributed by atoms with E-state index in [1.807, 2.05) is 32.2 Å². The fraction of sp³-hybridized carbons (Fsp3) is 0.600. The summed E-state index contributed by atoms with van der Waals surface area (Å²) in [6.45, 7) is 5.81. The summed E-state index contributed by atoms with van der Waals surface area (Å²) in [5, 5.41) is 13.8. The van der Waals surface area contributed by atoms with Crippen molar-refractivity contribution in [1.29, 1.82) is 0 Å². The highest BCUT2D eigenvalue weighted by molar-refractivity contribution is 7.09. The van der Waals surface area contributed by atoms with E-state index in [2.05, 4.69) is 11.4 Å². The van der Waals surface area contributed by atoms with Crippen molar-refractivity contribution in [3.8, 4) is 0 Å². The number of hydrogen-bond donors (Lipinski definition) is 2. The van der Waals surface area contributed by atoms with E-state index < -0.39 is 5.97 Å². The first kappa shape index (κ1) is 16.7. The maximum Gasteiger partial charge on any atom is 0.305 e. The Bertz CT molecular complexity index is 434. The third kappa shape index (κ3) is 6.19. The van der Waals surface area contributed by atoms with Crippen LogP contribution in [0, 0.1) is 5.41 Å². The van der Waals surface area contributed by atoms with Crippen molar-refractivity contribution in [2.45, 2.75) is 52.5 Å². The molecule has 112 valence electrons. The minimum atomic E-state index is -0.885. The van der Waals surface area contributed by atoms with E-state index in [0.29, 0.717) is 6.42 Å². The molecule has 1 rings (SSSR count). The zero-order valence-electron chi connectivity index (χ0n) is 12.3. The summed E-state index contributed by atoms with van der Waals surface area (Å²) in [4.78, 5) is 24.0. The van der Waals surface area contributed by atoms with Crippen molar-refractivity contribution < 1.29 is 14.7 Å². The third-order valence-corrected chi connectivity index (χ3v) is 4.10. The van der Waals surface area contributed by atoms with Crippen molar-refractivity contribution in [2.75, 3.05) is 0 Å². The van der Waals surface area contributed by atoms with E-state index in [-0.39, 0.29) is 23.8 Å². The van der Waals surface area contributed by atoms with Gasteiger partial charge in [0.15, 0.2) is 0 Å². The molecule has 0 aromatic carbocycles. The van der Waals surface area contributed by atoms with Crippen molar-refractivity contribution in [1.82, 2.24) is 5.32 Å². The second-order valence-corrected chi connectivity index (χ2v) is 7.05. The number of nitrogens with one attached hydrogen (secondary N) is 1. The van der Waals surface area contributed by atoms with Gasteiger partial charge in [-0.25, -0.2) is 0 Å². The molecule has 0 saturated carbocycles. The van der Waals surface area contributed by atoms with Gasteiger partial charge < -0.3 is 10.4 Å². The minimum Gasteiger partial charge on any atom is -0.481 e. The summed E-state index contributed by atoms with van der Waals surface area (Å²) in [6.07, 6.45) is 2.07. The van der Waals surface area contributed by atoms with Gasteiger partial charge in [0.2, 0.25) is 5.91 Å². The van der Waals surface area contributed by atoms with Crippen LogP contribution in [0.15, 0.2) is 17.5 Å². The van der Waals surface area contributed by atoms with Gasteiger partial charge in [-0.15, -0.1) is 11.3 Å². The predicted molar refractivity (Wildman–Crippen MR) is 80.9 cm³/mol. The zero-order chi connectivity index (χ0) is 15.2. The molecule has 0 aliphatic carbocycles. The Morgan fingerprint density at radius 2 is 2.10 bits per heavy atom. The number of carboxylic acids is 1. The fourth-order valence-electron chi connectivity index (χ4n) is 1.89. The first-order chi connectivity index (χ1) is 9.29. The number of thiophene rings is 1. The molecular weight excluding hydrogens is 274 g/mol. The number of aliphatic carboxylic acids is 1. The predicted octanol–water partition coefficient (Wildman–Crippen LogP) is 3.08. The molecule has 0 radical (unpaired) electrons. The number of carboxylic acid groups (broad SMARTS) is 1. The SMILES string of the molecule is CC(C)(C)C(CC(=O)O)NC(=O)CCCc1cccs1. The molecule has 0 spiro atoms. The molecular formula is C15H23NO3S. The number of aryl methyl sites for hydroxylation is 1. The Morgan fingerprint density at radius 1 is 1.40 bits per heavy atom.